The predicted octanol–water partition coefficient (Wildman–Crippen LogP) is 1.07. The molecule has 2 amide bonds. The minimum absolute atomic E-state index is 0.113. The number of carbonyl (C=O) groups is 2. The fourth-order valence-electron chi connectivity index (χ4n) is 2.03. The summed E-state index contributed by atoms with van der Waals surface area (Å²) in [5.74, 6) is -0.630. The SMILES string of the molecule is CN(CC1CC1)C(=O)NC1C=CC(C(=O)O)C1. The number of urea groups is 1. The molecule has 1 fully saturated rings. The van der Waals surface area contributed by atoms with Crippen LogP contribution in [0.2, 0.25) is 0 Å². The Balaban J connectivity index is 1.75. The molecular formula is C12H18N2O3. The molecule has 1 saturated carbocycles. The summed E-state index contributed by atoms with van der Waals surface area (Å²) < 4.78 is 0. The summed E-state index contributed by atoms with van der Waals surface area (Å²) in [4.78, 5) is 24.2. The van der Waals surface area contributed by atoms with Crippen molar-refractivity contribution in [1.29, 1.82) is 0 Å². The van der Waals surface area contributed by atoms with Crippen molar-refractivity contribution in [2.24, 2.45) is 11.8 Å². The Bertz CT molecular complexity index is 350. The van der Waals surface area contributed by atoms with E-state index >= 15 is 0 Å². The van der Waals surface area contributed by atoms with E-state index in [2.05, 4.69) is 5.32 Å². The van der Waals surface area contributed by atoms with E-state index in [1.54, 1.807) is 24.1 Å². The van der Waals surface area contributed by atoms with E-state index in [0.29, 0.717) is 12.3 Å². The van der Waals surface area contributed by atoms with Crippen LogP contribution < -0.4 is 5.32 Å². The molecule has 0 spiro atoms. The van der Waals surface area contributed by atoms with Crippen molar-refractivity contribution in [2.45, 2.75) is 25.3 Å². The van der Waals surface area contributed by atoms with Gasteiger partial charge in [0, 0.05) is 13.6 Å². The number of amides is 2. The number of hydrogen-bond donors (Lipinski definition) is 2. The quantitative estimate of drug-likeness (QED) is 0.720. The summed E-state index contributed by atoms with van der Waals surface area (Å²) in [5, 5.41) is 11.7. The summed E-state index contributed by atoms with van der Waals surface area (Å²) in [6.07, 6.45) is 6.29. The zero-order chi connectivity index (χ0) is 12.4. The largest absolute Gasteiger partial charge is 0.481 e. The van der Waals surface area contributed by atoms with Gasteiger partial charge in [-0.1, -0.05) is 12.2 Å². The Morgan fingerprint density at radius 2 is 2.12 bits per heavy atom. The summed E-state index contributed by atoms with van der Waals surface area (Å²) in [7, 11) is 1.78. The molecule has 0 aromatic rings. The predicted molar refractivity (Wildman–Crippen MR) is 62.6 cm³/mol. The second kappa shape index (κ2) is 4.77. The molecule has 17 heavy (non-hydrogen) atoms. The second-order valence-electron chi connectivity index (χ2n) is 4.95. The lowest BCUT2D eigenvalue weighted by molar-refractivity contribution is -0.140. The number of carboxylic acid groups (broad SMARTS) is 1. The van der Waals surface area contributed by atoms with E-state index < -0.39 is 11.9 Å². The minimum Gasteiger partial charge on any atom is -0.481 e. The first-order valence-electron chi connectivity index (χ1n) is 5.99. The molecule has 94 valence electrons. The van der Waals surface area contributed by atoms with Gasteiger partial charge in [0.25, 0.3) is 0 Å². The zero-order valence-electron chi connectivity index (χ0n) is 9.93. The molecule has 2 unspecified atom stereocenters. The third kappa shape index (κ3) is 3.22. The van der Waals surface area contributed by atoms with Crippen molar-refractivity contribution in [3.8, 4) is 0 Å². The van der Waals surface area contributed by atoms with Gasteiger partial charge in [0.1, 0.15) is 0 Å². The molecular weight excluding hydrogens is 220 g/mol. The summed E-state index contributed by atoms with van der Waals surface area (Å²) >= 11 is 0. The molecule has 0 aromatic heterocycles. The number of aliphatic carboxylic acids is 1. The first-order valence-corrected chi connectivity index (χ1v) is 5.99. The maximum atomic E-state index is 11.8. The molecule has 5 nitrogen and oxygen atoms in total. The second-order valence-corrected chi connectivity index (χ2v) is 4.95. The van der Waals surface area contributed by atoms with Gasteiger partial charge >= 0.3 is 12.0 Å². The highest BCUT2D eigenvalue weighted by atomic mass is 16.4. The average Bonchev–Trinajstić information content (AvgIpc) is 2.94. The van der Waals surface area contributed by atoms with Gasteiger partial charge in [-0.3, -0.25) is 4.79 Å². The van der Waals surface area contributed by atoms with Crippen LogP contribution >= 0.6 is 0 Å². The molecule has 2 N–H and O–H groups in total. The van der Waals surface area contributed by atoms with E-state index in [-0.39, 0.29) is 12.1 Å². The standard InChI is InChI=1S/C12H18N2O3/c1-14(7-8-2-3-8)12(17)13-10-5-4-9(6-10)11(15)16/h4-5,8-10H,2-3,6-7H2,1H3,(H,13,17)(H,15,16). The number of carbonyl (C=O) groups excluding carboxylic acids is 1. The first kappa shape index (κ1) is 12.0. The molecule has 2 aliphatic carbocycles. The Labute approximate surface area is 100 Å². The Kier molecular flexibility index (Phi) is 3.36. The van der Waals surface area contributed by atoms with E-state index in [4.69, 9.17) is 5.11 Å². The maximum absolute atomic E-state index is 11.8. The lowest BCUT2D eigenvalue weighted by Crippen LogP contribution is -2.42. The van der Waals surface area contributed by atoms with E-state index in [1.165, 1.54) is 12.8 Å². The monoisotopic (exact) mass is 238 g/mol. The fraction of sp³-hybridized carbons (Fsp3) is 0.667. The van der Waals surface area contributed by atoms with Crippen LogP contribution in [-0.4, -0.2) is 41.6 Å². The molecule has 2 atom stereocenters. The van der Waals surface area contributed by atoms with Crippen molar-refractivity contribution in [2.75, 3.05) is 13.6 Å². The van der Waals surface area contributed by atoms with Gasteiger partial charge in [0.2, 0.25) is 0 Å². The Morgan fingerprint density at radius 1 is 1.41 bits per heavy atom. The highest BCUT2D eigenvalue weighted by Gasteiger charge is 2.28. The molecule has 2 rings (SSSR count). The van der Waals surface area contributed by atoms with Gasteiger partial charge in [-0.15, -0.1) is 0 Å². The molecule has 0 aliphatic heterocycles. The number of nitrogens with zero attached hydrogens (tertiary/aromatic N) is 1. The molecule has 5 heteroatoms. The number of nitrogens with one attached hydrogen (secondary N) is 1. The third-order valence-corrected chi connectivity index (χ3v) is 3.29. The lowest BCUT2D eigenvalue weighted by Gasteiger charge is -2.20. The lowest BCUT2D eigenvalue weighted by atomic mass is 10.1. The topological polar surface area (TPSA) is 69.6 Å². The average molecular weight is 238 g/mol. The third-order valence-electron chi connectivity index (χ3n) is 3.29. The van der Waals surface area contributed by atoms with Gasteiger partial charge in [0.15, 0.2) is 0 Å². The minimum atomic E-state index is -0.829. The molecule has 0 bridgehead atoms. The van der Waals surface area contributed by atoms with Gasteiger partial charge in [0.05, 0.1) is 12.0 Å². The Morgan fingerprint density at radius 3 is 2.65 bits per heavy atom. The summed E-state index contributed by atoms with van der Waals surface area (Å²) in [6, 6.07) is -0.261. The van der Waals surface area contributed by atoms with Crippen molar-refractivity contribution in [3.05, 3.63) is 12.2 Å². The van der Waals surface area contributed by atoms with Crippen molar-refractivity contribution >= 4 is 12.0 Å². The number of carboxylic acids is 1. The van der Waals surface area contributed by atoms with Crippen LogP contribution in [0.25, 0.3) is 0 Å². The molecule has 2 aliphatic rings. The van der Waals surface area contributed by atoms with Crippen LogP contribution in [0.5, 0.6) is 0 Å². The summed E-state index contributed by atoms with van der Waals surface area (Å²) in [5.41, 5.74) is 0. The van der Waals surface area contributed by atoms with Crippen LogP contribution in [0, 0.1) is 11.8 Å². The van der Waals surface area contributed by atoms with Crippen LogP contribution in [0.4, 0.5) is 4.79 Å². The van der Waals surface area contributed by atoms with E-state index in [9.17, 15) is 9.59 Å². The molecule has 0 saturated heterocycles. The van der Waals surface area contributed by atoms with Crippen molar-refractivity contribution < 1.29 is 14.7 Å². The zero-order valence-corrected chi connectivity index (χ0v) is 9.93. The number of hydrogen-bond acceptors (Lipinski definition) is 2. The number of rotatable bonds is 4. The highest BCUT2D eigenvalue weighted by Crippen LogP contribution is 2.29. The van der Waals surface area contributed by atoms with E-state index in [1.807, 2.05) is 0 Å². The summed E-state index contributed by atoms with van der Waals surface area (Å²) in [6.45, 7) is 0.796. The van der Waals surface area contributed by atoms with Crippen molar-refractivity contribution in [1.82, 2.24) is 10.2 Å². The Hall–Kier alpha value is -1.52. The van der Waals surface area contributed by atoms with Crippen LogP contribution in [0.1, 0.15) is 19.3 Å². The van der Waals surface area contributed by atoms with Crippen molar-refractivity contribution in [3.63, 3.8) is 0 Å². The van der Waals surface area contributed by atoms with Gasteiger partial charge < -0.3 is 15.3 Å². The van der Waals surface area contributed by atoms with Crippen LogP contribution in [0.15, 0.2) is 12.2 Å². The highest BCUT2D eigenvalue weighted by molar-refractivity contribution is 5.76. The smallest absolute Gasteiger partial charge is 0.317 e. The van der Waals surface area contributed by atoms with Gasteiger partial charge in [-0.05, 0) is 25.2 Å². The van der Waals surface area contributed by atoms with Gasteiger partial charge in [-0.25, -0.2) is 4.79 Å². The fourth-order valence-corrected chi connectivity index (χ4v) is 2.03. The molecule has 0 heterocycles. The van der Waals surface area contributed by atoms with E-state index in [0.717, 1.165) is 6.54 Å². The maximum Gasteiger partial charge on any atom is 0.317 e. The molecule has 0 radical (unpaired) electrons. The first-order chi connectivity index (χ1) is 8.06. The normalized spacial score (nSPS) is 26.9. The van der Waals surface area contributed by atoms with Gasteiger partial charge in [-0.2, -0.15) is 0 Å². The molecule has 0 aromatic carbocycles. The van der Waals surface area contributed by atoms with Crippen LogP contribution in [-0.2, 0) is 4.79 Å². The van der Waals surface area contributed by atoms with Crippen LogP contribution in [0.3, 0.4) is 0 Å².